The molecule has 1 aromatic heterocycles. The number of carbonyl (C=O) groups is 2. The second-order valence-corrected chi connectivity index (χ2v) is 6.97. The highest BCUT2D eigenvalue weighted by atomic mass is 16.5. The van der Waals surface area contributed by atoms with Crippen molar-refractivity contribution in [1.29, 1.82) is 0 Å². The van der Waals surface area contributed by atoms with E-state index in [9.17, 15) is 9.59 Å². The summed E-state index contributed by atoms with van der Waals surface area (Å²) >= 11 is 0. The quantitative estimate of drug-likeness (QED) is 0.845. The van der Waals surface area contributed by atoms with Gasteiger partial charge in [0, 0.05) is 19.5 Å². The predicted octanol–water partition coefficient (Wildman–Crippen LogP) is 1.94. The molecule has 1 heterocycles. The lowest BCUT2D eigenvalue weighted by Gasteiger charge is -2.23. The van der Waals surface area contributed by atoms with Gasteiger partial charge >= 0.3 is 0 Å². The molecule has 26 heavy (non-hydrogen) atoms. The molecule has 2 amide bonds. The van der Waals surface area contributed by atoms with Gasteiger partial charge < -0.3 is 19.5 Å². The summed E-state index contributed by atoms with van der Waals surface area (Å²) in [6, 6.07) is 6.84. The predicted molar refractivity (Wildman–Crippen MR) is 94.7 cm³/mol. The van der Waals surface area contributed by atoms with E-state index in [1.54, 1.807) is 38.2 Å². The maximum Gasteiger partial charge on any atom is 0.257 e. The van der Waals surface area contributed by atoms with Crippen LogP contribution in [0.2, 0.25) is 0 Å². The number of hydrogen-bond donors (Lipinski definition) is 1. The topological polar surface area (TPSA) is 97.6 Å². The molecule has 0 aliphatic heterocycles. The van der Waals surface area contributed by atoms with Gasteiger partial charge in [-0.05, 0) is 32.9 Å². The molecule has 0 aliphatic carbocycles. The third-order valence-corrected chi connectivity index (χ3v) is 3.29. The first-order chi connectivity index (χ1) is 12.2. The van der Waals surface area contributed by atoms with E-state index >= 15 is 0 Å². The van der Waals surface area contributed by atoms with Crippen LogP contribution in [0.4, 0.5) is 0 Å². The average Bonchev–Trinajstić information content (AvgIpc) is 2.96. The number of nitrogens with one attached hydrogen (secondary N) is 1. The minimum atomic E-state index is -0.356. The summed E-state index contributed by atoms with van der Waals surface area (Å²) in [5.74, 6) is 0.686. The molecule has 0 bridgehead atoms. The third-order valence-electron chi connectivity index (χ3n) is 3.29. The van der Waals surface area contributed by atoms with Crippen molar-refractivity contribution in [3.05, 3.63) is 41.5 Å². The van der Waals surface area contributed by atoms with Crippen molar-refractivity contribution in [3.63, 3.8) is 0 Å². The number of aryl methyl sites for hydroxylation is 1. The minimum Gasteiger partial charge on any atom is -0.485 e. The van der Waals surface area contributed by atoms with Gasteiger partial charge in [0.05, 0.1) is 12.1 Å². The monoisotopic (exact) mass is 360 g/mol. The number of likely N-dealkylation sites (N-methyl/N-ethyl adjacent to an activating group) is 1. The van der Waals surface area contributed by atoms with Gasteiger partial charge in [0.15, 0.2) is 6.61 Å². The summed E-state index contributed by atoms with van der Waals surface area (Å²) in [7, 11) is 1.57. The first kappa shape index (κ1) is 19.4. The number of rotatable bonds is 6. The maximum absolute atomic E-state index is 12.7. The number of hydrogen-bond acceptors (Lipinski definition) is 6. The largest absolute Gasteiger partial charge is 0.485 e. The van der Waals surface area contributed by atoms with Gasteiger partial charge in [-0.2, -0.15) is 4.98 Å². The Bertz CT molecular complexity index is 779. The van der Waals surface area contributed by atoms with Crippen LogP contribution >= 0.6 is 0 Å². The summed E-state index contributed by atoms with van der Waals surface area (Å²) in [5, 5.41) is 6.58. The molecular weight excluding hydrogens is 336 g/mol. The van der Waals surface area contributed by atoms with Crippen molar-refractivity contribution < 1.29 is 18.8 Å². The SMILES string of the molecule is Cc1nc(COc2ccccc2C(=O)N(C)CC(=O)NC(C)(C)C)no1. The van der Waals surface area contributed by atoms with Gasteiger partial charge in [0.25, 0.3) is 5.91 Å². The lowest BCUT2D eigenvalue weighted by Crippen LogP contribution is -2.46. The van der Waals surface area contributed by atoms with E-state index in [2.05, 4.69) is 15.5 Å². The van der Waals surface area contributed by atoms with E-state index in [0.717, 1.165) is 0 Å². The number of amides is 2. The summed E-state index contributed by atoms with van der Waals surface area (Å²) in [6.45, 7) is 7.37. The number of nitrogens with zero attached hydrogens (tertiary/aromatic N) is 3. The molecule has 140 valence electrons. The van der Waals surface area contributed by atoms with Crippen molar-refractivity contribution in [1.82, 2.24) is 20.4 Å². The van der Waals surface area contributed by atoms with E-state index < -0.39 is 0 Å². The molecule has 8 nitrogen and oxygen atoms in total. The third kappa shape index (κ3) is 5.58. The molecule has 8 heteroatoms. The minimum absolute atomic E-state index is 0.0471. The molecular formula is C18H24N4O4. The van der Waals surface area contributed by atoms with Crippen LogP contribution in [-0.2, 0) is 11.4 Å². The smallest absolute Gasteiger partial charge is 0.257 e. The van der Waals surface area contributed by atoms with E-state index in [-0.39, 0.29) is 30.5 Å². The zero-order chi connectivity index (χ0) is 19.3. The number of carbonyl (C=O) groups excluding carboxylic acids is 2. The fourth-order valence-electron chi connectivity index (χ4n) is 2.26. The van der Waals surface area contributed by atoms with Crippen LogP contribution < -0.4 is 10.1 Å². The second-order valence-electron chi connectivity index (χ2n) is 6.97. The number of aromatic nitrogens is 2. The molecule has 2 aromatic rings. The second kappa shape index (κ2) is 7.99. The Morgan fingerprint density at radius 1 is 1.27 bits per heavy atom. The van der Waals surface area contributed by atoms with Crippen molar-refractivity contribution >= 4 is 11.8 Å². The average molecular weight is 360 g/mol. The van der Waals surface area contributed by atoms with Crippen LogP contribution in [0, 0.1) is 6.92 Å². The van der Waals surface area contributed by atoms with E-state index in [1.165, 1.54) is 4.90 Å². The van der Waals surface area contributed by atoms with Crippen molar-refractivity contribution in [2.45, 2.75) is 39.8 Å². The van der Waals surface area contributed by atoms with Crippen LogP contribution in [0.3, 0.4) is 0 Å². The lowest BCUT2D eigenvalue weighted by molar-refractivity contribution is -0.122. The summed E-state index contributed by atoms with van der Waals surface area (Å²) in [6.07, 6.45) is 0. The van der Waals surface area contributed by atoms with Crippen LogP contribution in [-0.4, -0.2) is 46.0 Å². The van der Waals surface area contributed by atoms with E-state index in [4.69, 9.17) is 9.26 Å². The van der Waals surface area contributed by atoms with Crippen LogP contribution in [0.5, 0.6) is 5.75 Å². The first-order valence-corrected chi connectivity index (χ1v) is 8.23. The van der Waals surface area contributed by atoms with Crippen molar-refractivity contribution in [2.24, 2.45) is 0 Å². The van der Waals surface area contributed by atoms with Crippen molar-refractivity contribution in [3.8, 4) is 5.75 Å². The molecule has 0 saturated heterocycles. The van der Waals surface area contributed by atoms with Crippen molar-refractivity contribution in [2.75, 3.05) is 13.6 Å². The Kier molecular flexibility index (Phi) is 5.97. The van der Waals surface area contributed by atoms with E-state index in [0.29, 0.717) is 23.0 Å². The lowest BCUT2D eigenvalue weighted by atomic mass is 10.1. The van der Waals surface area contributed by atoms with Gasteiger partial charge in [-0.1, -0.05) is 17.3 Å². The normalized spacial score (nSPS) is 11.1. The Hall–Kier alpha value is -2.90. The first-order valence-electron chi connectivity index (χ1n) is 8.23. The molecule has 2 rings (SSSR count). The Labute approximate surface area is 152 Å². The Morgan fingerprint density at radius 3 is 2.58 bits per heavy atom. The molecule has 0 spiro atoms. The number of ether oxygens (including phenoxy) is 1. The molecule has 0 aliphatic rings. The molecule has 0 saturated carbocycles. The molecule has 0 fully saturated rings. The number of para-hydroxylation sites is 1. The maximum atomic E-state index is 12.7. The molecule has 0 unspecified atom stereocenters. The van der Waals surface area contributed by atoms with Gasteiger partial charge in [0.2, 0.25) is 17.6 Å². The highest BCUT2D eigenvalue weighted by Gasteiger charge is 2.21. The van der Waals surface area contributed by atoms with Gasteiger partial charge in [-0.15, -0.1) is 0 Å². The molecule has 0 atom stereocenters. The Morgan fingerprint density at radius 2 is 1.96 bits per heavy atom. The molecule has 1 aromatic carbocycles. The van der Waals surface area contributed by atoms with Crippen LogP contribution in [0.1, 0.15) is 42.8 Å². The fraction of sp³-hybridized carbons (Fsp3) is 0.444. The zero-order valence-electron chi connectivity index (χ0n) is 15.7. The number of benzene rings is 1. The molecule has 0 radical (unpaired) electrons. The molecule has 1 N–H and O–H groups in total. The highest BCUT2D eigenvalue weighted by molar-refractivity contribution is 5.98. The fourth-order valence-corrected chi connectivity index (χ4v) is 2.26. The van der Waals surface area contributed by atoms with Gasteiger partial charge in [-0.3, -0.25) is 9.59 Å². The van der Waals surface area contributed by atoms with Gasteiger partial charge in [0.1, 0.15) is 5.75 Å². The van der Waals surface area contributed by atoms with Crippen LogP contribution in [0.15, 0.2) is 28.8 Å². The summed E-state index contributed by atoms with van der Waals surface area (Å²) < 4.78 is 10.6. The standard InChI is InChI=1S/C18H24N4O4/c1-12-19-15(21-26-12)11-25-14-9-7-6-8-13(14)17(24)22(5)10-16(23)20-18(2,3)4/h6-9H,10-11H2,1-5H3,(H,20,23). The summed E-state index contributed by atoms with van der Waals surface area (Å²) in [4.78, 5) is 30.1. The van der Waals surface area contributed by atoms with Gasteiger partial charge in [-0.25, -0.2) is 0 Å². The Balaban J connectivity index is 2.05. The highest BCUT2D eigenvalue weighted by Crippen LogP contribution is 2.20. The zero-order valence-corrected chi connectivity index (χ0v) is 15.7. The summed E-state index contributed by atoms with van der Waals surface area (Å²) in [5.41, 5.74) is 0.00354. The van der Waals surface area contributed by atoms with E-state index in [1.807, 2.05) is 20.8 Å². The van der Waals surface area contributed by atoms with Crippen LogP contribution in [0.25, 0.3) is 0 Å².